The van der Waals surface area contributed by atoms with E-state index in [0.29, 0.717) is 0 Å². The largest absolute Gasteiger partial charge is 0.478 e. The number of carboxylic acid groups (broad SMARTS) is 2. The second-order valence-corrected chi connectivity index (χ2v) is 2.17. The molecule has 0 amide bonds. The van der Waals surface area contributed by atoms with Crippen molar-refractivity contribution in [3.8, 4) is 0 Å². The van der Waals surface area contributed by atoms with Crippen LogP contribution in [0.15, 0.2) is 24.3 Å². The van der Waals surface area contributed by atoms with E-state index < -0.39 is 11.9 Å². The van der Waals surface area contributed by atoms with Crippen LogP contribution in [0.2, 0.25) is 0 Å². The quantitative estimate of drug-likeness (QED) is 0.734. The predicted molar refractivity (Wildman–Crippen MR) is 44.9 cm³/mol. The Morgan fingerprint density at radius 3 is 1.00 bits per heavy atom. The molecular formula is C8H12O4Ta. The molecule has 0 aromatic carbocycles. The van der Waals surface area contributed by atoms with Crippen molar-refractivity contribution in [1.82, 2.24) is 0 Å². The first kappa shape index (κ1) is 18.0. The minimum absolute atomic E-state index is 0. The van der Waals surface area contributed by atoms with Crippen molar-refractivity contribution in [2.75, 3.05) is 0 Å². The van der Waals surface area contributed by atoms with Crippen molar-refractivity contribution in [2.45, 2.75) is 13.8 Å². The molecule has 5 heteroatoms. The van der Waals surface area contributed by atoms with E-state index in [1.165, 1.54) is 13.8 Å². The monoisotopic (exact) mass is 353 g/mol. The van der Waals surface area contributed by atoms with Crippen LogP contribution in [0.3, 0.4) is 0 Å². The van der Waals surface area contributed by atoms with Crippen molar-refractivity contribution in [3.05, 3.63) is 24.3 Å². The van der Waals surface area contributed by atoms with Crippen molar-refractivity contribution in [1.29, 1.82) is 0 Å². The second-order valence-electron chi connectivity index (χ2n) is 2.17. The molecule has 0 aliphatic rings. The van der Waals surface area contributed by atoms with Crippen molar-refractivity contribution in [2.24, 2.45) is 0 Å². The third kappa shape index (κ3) is 18.3. The van der Waals surface area contributed by atoms with Gasteiger partial charge < -0.3 is 10.2 Å². The average Bonchev–Trinajstić information content (AvgIpc) is 1.88. The van der Waals surface area contributed by atoms with E-state index in [9.17, 15) is 9.59 Å². The number of aliphatic carboxylic acids is 2. The van der Waals surface area contributed by atoms with Gasteiger partial charge in [-0.1, -0.05) is 13.2 Å². The standard InChI is InChI=1S/2C4H6O2.Ta/c2*1-3(2)4(5)6;/h2*1H2,2H3,(H,5,6);. The summed E-state index contributed by atoms with van der Waals surface area (Å²) in [6, 6.07) is 0. The number of carbonyl (C=O) groups is 2. The summed E-state index contributed by atoms with van der Waals surface area (Å²) in [4.78, 5) is 19.2. The summed E-state index contributed by atoms with van der Waals surface area (Å²) >= 11 is 0. The number of hydrogen-bond donors (Lipinski definition) is 2. The Bertz CT molecular complexity index is 172. The van der Waals surface area contributed by atoms with Gasteiger partial charge in [0.15, 0.2) is 0 Å². The summed E-state index contributed by atoms with van der Waals surface area (Å²) in [6.45, 7) is 9.20. The van der Waals surface area contributed by atoms with E-state index >= 15 is 0 Å². The zero-order valence-electron chi connectivity index (χ0n) is 7.57. The topological polar surface area (TPSA) is 74.6 Å². The third-order valence-corrected chi connectivity index (χ3v) is 0.730. The van der Waals surface area contributed by atoms with Gasteiger partial charge in [-0.15, -0.1) is 0 Å². The first-order valence-corrected chi connectivity index (χ1v) is 3.06. The summed E-state index contributed by atoms with van der Waals surface area (Å²) in [5, 5.41) is 15.8. The summed E-state index contributed by atoms with van der Waals surface area (Å²) < 4.78 is 0. The smallest absolute Gasteiger partial charge is 0.330 e. The molecule has 13 heavy (non-hydrogen) atoms. The molecule has 1 radical (unpaired) electrons. The molecule has 4 nitrogen and oxygen atoms in total. The van der Waals surface area contributed by atoms with Gasteiger partial charge in [-0.25, -0.2) is 9.59 Å². The molecule has 0 saturated carbocycles. The molecule has 0 atom stereocenters. The maximum atomic E-state index is 9.60. The summed E-state index contributed by atoms with van der Waals surface area (Å²) in [6.07, 6.45) is 0. The van der Waals surface area contributed by atoms with Crippen LogP contribution in [-0.2, 0) is 32.0 Å². The van der Waals surface area contributed by atoms with E-state index in [2.05, 4.69) is 13.2 Å². The zero-order valence-corrected chi connectivity index (χ0v) is 10.8. The van der Waals surface area contributed by atoms with Gasteiger partial charge in [-0.05, 0) is 13.8 Å². The maximum Gasteiger partial charge on any atom is 0.330 e. The molecule has 0 aliphatic carbocycles. The minimum Gasteiger partial charge on any atom is -0.478 e. The van der Waals surface area contributed by atoms with Crippen molar-refractivity contribution < 1.29 is 42.2 Å². The number of carboxylic acids is 2. The Balaban J connectivity index is -0.000000143. The molecule has 0 heterocycles. The van der Waals surface area contributed by atoms with Crippen LogP contribution in [0.25, 0.3) is 0 Å². The fraction of sp³-hybridized carbons (Fsp3) is 0.250. The molecule has 0 fully saturated rings. The van der Waals surface area contributed by atoms with Crippen LogP contribution in [-0.4, -0.2) is 22.2 Å². The minimum atomic E-state index is -0.935. The van der Waals surface area contributed by atoms with Crippen LogP contribution in [0.5, 0.6) is 0 Å². The molecule has 2 N–H and O–H groups in total. The van der Waals surface area contributed by atoms with Gasteiger partial charge in [0.25, 0.3) is 0 Å². The van der Waals surface area contributed by atoms with E-state index in [1.807, 2.05) is 0 Å². The van der Waals surface area contributed by atoms with E-state index in [1.54, 1.807) is 0 Å². The average molecular weight is 353 g/mol. The normalized spacial score (nSPS) is 6.92. The van der Waals surface area contributed by atoms with Crippen molar-refractivity contribution in [3.63, 3.8) is 0 Å². The maximum absolute atomic E-state index is 9.60. The van der Waals surface area contributed by atoms with Crippen LogP contribution in [0.4, 0.5) is 0 Å². The molecule has 0 aromatic rings. The molecule has 0 bridgehead atoms. The van der Waals surface area contributed by atoms with Gasteiger partial charge in [0.2, 0.25) is 0 Å². The molecule has 73 valence electrons. The molecule has 0 rings (SSSR count). The van der Waals surface area contributed by atoms with Crippen LogP contribution in [0.1, 0.15) is 13.8 Å². The molecule has 0 saturated heterocycles. The second kappa shape index (κ2) is 9.25. The summed E-state index contributed by atoms with van der Waals surface area (Å²) in [7, 11) is 0. The Labute approximate surface area is 92.5 Å². The van der Waals surface area contributed by atoms with Gasteiger partial charge >= 0.3 is 11.9 Å². The Morgan fingerprint density at radius 2 is 1.00 bits per heavy atom. The Kier molecular flexibility index (Phi) is 12.8. The van der Waals surface area contributed by atoms with Crippen LogP contribution >= 0.6 is 0 Å². The van der Waals surface area contributed by atoms with E-state index in [0.717, 1.165) is 0 Å². The fourth-order valence-corrected chi connectivity index (χ4v) is 0. The number of hydrogen-bond acceptors (Lipinski definition) is 2. The van der Waals surface area contributed by atoms with Gasteiger partial charge in [0.1, 0.15) is 0 Å². The molecule has 0 aromatic heterocycles. The van der Waals surface area contributed by atoms with Gasteiger partial charge in [0, 0.05) is 33.5 Å². The predicted octanol–water partition coefficient (Wildman–Crippen LogP) is 1.29. The molecule has 0 spiro atoms. The zero-order chi connectivity index (χ0) is 10.3. The Hall–Kier alpha value is -0.840. The first-order chi connectivity index (χ1) is 5.29. The van der Waals surface area contributed by atoms with E-state index in [4.69, 9.17) is 10.2 Å². The Morgan fingerprint density at radius 1 is 0.923 bits per heavy atom. The summed E-state index contributed by atoms with van der Waals surface area (Å²) in [5.74, 6) is -1.87. The van der Waals surface area contributed by atoms with Gasteiger partial charge in [-0.3, -0.25) is 0 Å². The van der Waals surface area contributed by atoms with Crippen molar-refractivity contribution >= 4 is 11.9 Å². The van der Waals surface area contributed by atoms with Gasteiger partial charge in [-0.2, -0.15) is 0 Å². The van der Waals surface area contributed by atoms with Crippen LogP contribution < -0.4 is 0 Å². The van der Waals surface area contributed by atoms with E-state index in [-0.39, 0.29) is 33.5 Å². The third-order valence-electron chi connectivity index (χ3n) is 0.730. The first-order valence-electron chi connectivity index (χ1n) is 3.06. The molecular weight excluding hydrogens is 341 g/mol. The van der Waals surface area contributed by atoms with Crippen LogP contribution in [0, 0.1) is 0 Å². The summed E-state index contributed by atoms with van der Waals surface area (Å²) in [5.41, 5.74) is 0.352. The van der Waals surface area contributed by atoms with Gasteiger partial charge in [0.05, 0.1) is 0 Å². The fourth-order valence-electron chi connectivity index (χ4n) is 0. The molecule has 0 aliphatic heterocycles. The SMILES string of the molecule is C=C(C)C(=O)O.C=C(C)C(=O)O.[Ta]. The molecule has 0 unspecified atom stereocenters. The number of rotatable bonds is 2.